The summed E-state index contributed by atoms with van der Waals surface area (Å²) >= 11 is 12.9. The van der Waals surface area contributed by atoms with E-state index in [9.17, 15) is 37.7 Å². The molecule has 204 valence electrons. The summed E-state index contributed by atoms with van der Waals surface area (Å²) in [5, 5.41) is 23.6. The number of halogens is 5. The Hall–Kier alpha value is -1.55. The van der Waals surface area contributed by atoms with Gasteiger partial charge in [-0.3, -0.25) is 10.4 Å². The topological polar surface area (TPSA) is 167 Å². The number of hydrogen-bond donors (Lipinski definition) is 7. The summed E-state index contributed by atoms with van der Waals surface area (Å²) in [6, 6.07) is 4.40. The lowest BCUT2D eigenvalue weighted by Crippen LogP contribution is -2.62. The Morgan fingerprint density at radius 2 is 1.84 bits per heavy atom. The molecule has 3 rings (SSSR count). The first-order chi connectivity index (χ1) is 17.3. The van der Waals surface area contributed by atoms with Crippen LogP contribution in [0.2, 0.25) is 10.0 Å². The molecule has 2 aromatic carbocycles. The summed E-state index contributed by atoms with van der Waals surface area (Å²) in [7, 11) is -5.17. The van der Waals surface area contributed by atoms with Crippen LogP contribution in [0.25, 0.3) is 5.70 Å². The van der Waals surface area contributed by atoms with Crippen LogP contribution < -0.4 is 16.6 Å². The number of aliphatic hydroxyl groups excluding tert-OH is 2. The second kappa shape index (κ2) is 12.5. The van der Waals surface area contributed by atoms with Crippen molar-refractivity contribution in [3.63, 3.8) is 0 Å². The first-order valence-electron chi connectivity index (χ1n) is 10.2. The highest BCUT2D eigenvalue weighted by atomic mass is 35.5. The molecule has 3 unspecified atom stereocenters. The Labute approximate surface area is 222 Å². The van der Waals surface area contributed by atoms with Gasteiger partial charge in [0.25, 0.3) is 0 Å². The minimum absolute atomic E-state index is 0.184. The summed E-state index contributed by atoms with van der Waals surface area (Å²) in [4.78, 5) is 19.5. The lowest BCUT2D eigenvalue weighted by atomic mass is 9.97. The molecule has 5 atom stereocenters. The zero-order chi connectivity index (χ0) is 27.5. The Morgan fingerprint density at radius 1 is 1.19 bits per heavy atom. The monoisotopic (exact) mass is 605 g/mol. The fraction of sp³-hybridized carbons (Fsp3) is 0.300. The number of benzene rings is 2. The lowest BCUT2D eigenvalue weighted by molar-refractivity contribution is -0.161. The SMILES string of the molecule is NN/C(=C\NC1C(OP(=O)(O)O)[C@@H](Sc2ccc(Cl)c(Cl)c2)OC(CO)[C@@H]1O)c1cc(F)c(F)c(F)c1. The number of nitrogens with two attached hydrogens (primary N) is 1. The summed E-state index contributed by atoms with van der Waals surface area (Å²) < 4.78 is 63.1. The normalized spacial score (nSPS) is 24.7. The van der Waals surface area contributed by atoms with E-state index < -0.39 is 61.7 Å². The highest BCUT2D eigenvalue weighted by molar-refractivity contribution is 7.99. The first kappa shape index (κ1) is 30.0. The number of hydrazine groups is 1. The van der Waals surface area contributed by atoms with E-state index in [2.05, 4.69) is 10.7 Å². The van der Waals surface area contributed by atoms with E-state index in [0.29, 0.717) is 17.0 Å². The van der Waals surface area contributed by atoms with E-state index in [4.69, 9.17) is 38.3 Å². The number of aliphatic hydroxyl groups is 2. The van der Waals surface area contributed by atoms with Crippen LogP contribution in [0.1, 0.15) is 5.56 Å². The van der Waals surface area contributed by atoms with Crippen molar-refractivity contribution < 1.29 is 47.0 Å². The Bertz CT molecular complexity index is 1190. The van der Waals surface area contributed by atoms with E-state index in [1.165, 1.54) is 12.1 Å². The average Bonchev–Trinajstić information content (AvgIpc) is 2.82. The second-order valence-corrected chi connectivity index (χ2v) is 10.8. The lowest BCUT2D eigenvalue weighted by Gasteiger charge is -2.44. The van der Waals surface area contributed by atoms with Crippen LogP contribution >= 0.6 is 42.8 Å². The quantitative estimate of drug-likeness (QED) is 0.0971. The van der Waals surface area contributed by atoms with Gasteiger partial charge in [-0.05, 0) is 30.3 Å². The molecule has 1 aliphatic rings. The van der Waals surface area contributed by atoms with Gasteiger partial charge in [0.1, 0.15) is 23.7 Å². The summed E-state index contributed by atoms with van der Waals surface area (Å²) in [6.07, 6.45) is -3.41. The zero-order valence-electron chi connectivity index (χ0n) is 18.4. The molecular formula is C20H21Cl2F3N3O7PS. The maximum atomic E-state index is 13.7. The van der Waals surface area contributed by atoms with Gasteiger partial charge in [0.15, 0.2) is 17.5 Å². The van der Waals surface area contributed by atoms with Gasteiger partial charge < -0.3 is 35.5 Å². The Kier molecular flexibility index (Phi) is 10.2. The van der Waals surface area contributed by atoms with Gasteiger partial charge in [-0.2, -0.15) is 0 Å². The third-order valence-corrected chi connectivity index (χ3v) is 7.53. The van der Waals surface area contributed by atoms with E-state index in [1.54, 1.807) is 6.07 Å². The fourth-order valence-electron chi connectivity index (χ4n) is 3.42. The van der Waals surface area contributed by atoms with E-state index >= 15 is 0 Å². The average molecular weight is 606 g/mol. The van der Waals surface area contributed by atoms with Crippen LogP contribution in [0.4, 0.5) is 13.2 Å². The molecule has 2 aromatic rings. The second-order valence-electron chi connectivity index (χ2n) is 7.62. The predicted octanol–water partition coefficient (Wildman–Crippen LogP) is 2.48. The Morgan fingerprint density at radius 3 is 2.38 bits per heavy atom. The van der Waals surface area contributed by atoms with Crippen LogP contribution in [0.15, 0.2) is 41.4 Å². The van der Waals surface area contributed by atoms with Crippen LogP contribution in [0.3, 0.4) is 0 Å². The molecule has 0 aromatic heterocycles. The third kappa shape index (κ3) is 7.52. The third-order valence-electron chi connectivity index (χ3n) is 5.13. The molecule has 1 saturated heterocycles. The fourth-order valence-corrected chi connectivity index (χ4v) is 5.58. The van der Waals surface area contributed by atoms with Crippen molar-refractivity contribution in [1.29, 1.82) is 0 Å². The van der Waals surface area contributed by atoms with E-state index in [-0.39, 0.29) is 21.3 Å². The molecule has 0 bridgehead atoms. The molecule has 1 aliphatic heterocycles. The van der Waals surface area contributed by atoms with Gasteiger partial charge in [0.05, 0.1) is 28.4 Å². The van der Waals surface area contributed by atoms with Gasteiger partial charge in [0, 0.05) is 16.7 Å². The summed E-state index contributed by atoms with van der Waals surface area (Å²) in [5.41, 5.74) is 0.492. The number of phosphoric ester groups is 1. The molecule has 8 N–H and O–H groups in total. The standard InChI is InChI=1S/C20H21Cl2F3N3O7PS/c21-10-2-1-9(5-11(10)22)37-20-19(35-36(31,32)33)17(18(30)15(7-29)34-20)27-6-14(28-26)8-3-12(23)16(25)13(24)4-8/h1-6,15,17-20,27-30H,7,26H2,(H2,31,32,33)/b14-6-/t15?,17?,18-,19?,20+/m0/s1. The molecule has 0 amide bonds. The van der Waals surface area contributed by atoms with Gasteiger partial charge >= 0.3 is 7.82 Å². The molecule has 0 saturated carbocycles. The number of rotatable bonds is 9. The van der Waals surface area contributed by atoms with Gasteiger partial charge in [-0.15, -0.1) is 0 Å². The number of thioether (sulfide) groups is 1. The van der Waals surface area contributed by atoms with E-state index in [0.717, 1.165) is 18.0 Å². The van der Waals surface area contributed by atoms with Crippen molar-refractivity contribution in [2.75, 3.05) is 6.61 Å². The van der Waals surface area contributed by atoms with Gasteiger partial charge in [0.2, 0.25) is 0 Å². The molecule has 10 nitrogen and oxygen atoms in total. The first-order valence-corrected chi connectivity index (χ1v) is 13.4. The molecule has 0 radical (unpaired) electrons. The van der Waals surface area contributed by atoms with Crippen molar-refractivity contribution in [2.24, 2.45) is 5.84 Å². The van der Waals surface area contributed by atoms with Crippen molar-refractivity contribution >= 4 is 48.5 Å². The molecule has 37 heavy (non-hydrogen) atoms. The number of ether oxygens (including phenoxy) is 1. The van der Waals surface area contributed by atoms with Crippen molar-refractivity contribution in [1.82, 2.24) is 10.7 Å². The van der Waals surface area contributed by atoms with Crippen molar-refractivity contribution in [3.8, 4) is 0 Å². The molecule has 1 heterocycles. The number of hydrogen-bond acceptors (Lipinski definition) is 9. The molecule has 0 aliphatic carbocycles. The van der Waals surface area contributed by atoms with Gasteiger partial charge in [-0.25, -0.2) is 17.7 Å². The highest BCUT2D eigenvalue weighted by Gasteiger charge is 2.48. The van der Waals surface area contributed by atoms with Crippen LogP contribution in [0, 0.1) is 17.5 Å². The van der Waals surface area contributed by atoms with Crippen LogP contribution in [-0.2, 0) is 13.8 Å². The molecular weight excluding hydrogens is 585 g/mol. The Balaban J connectivity index is 1.98. The van der Waals surface area contributed by atoms with Crippen molar-refractivity contribution in [2.45, 2.75) is 34.7 Å². The minimum atomic E-state index is -5.17. The summed E-state index contributed by atoms with van der Waals surface area (Å²) in [5.74, 6) is 0.740. The molecule has 1 fully saturated rings. The van der Waals surface area contributed by atoms with Crippen LogP contribution in [0.5, 0.6) is 0 Å². The van der Waals surface area contributed by atoms with Gasteiger partial charge in [-0.1, -0.05) is 35.0 Å². The number of nitrogens with one attached hydrogen (secondary N) is 2. The summed E-state index contributed by atoms with van der Waals surface area (Å²) in [6.45, 7) is -0.694. The minimum Gasteiger partial charge on any atom is -0.394 e. The highest BCUT2D eigenvalue weighted by Crippen LogP contribution is 2.45. The smallest absolute Gasteiger partial charge is 0.394 e. The van der Waals surface area contributed by atoms with Crippen molar-refractivity contribution in [3.05, 3.63) is 69.6 Å². The predicted molar refractivity (Wildman–Crippen MR) is 130 cm³/mol. The molecule has 0 spiro atoms. The maximum absolute atomic E-state index is 13.7. The largest absolute Gasteiger partial charge is 0.470 e. The van der Waals surface area contributed by atoms with E-state index in [1.807, 2.05) is 0 Å². The van der Waals surface area contributed by atoms with Crippen LogP contribution in [-0.4, -0.2) is 56.4 Å². The molecule has 17 heteroatoms. The zero-order valence-corrected chi connectivity index (χ0v) is 21.6. The number of phosphoric acid groups is 1. The maximum Gasteiger partial charge on any atom is 0.470 e.